The lowest BCUT2D eigenvalue weighted by Gasteiger charge is -2.20. The highest BCUT2D eigenvalue weighted by Gasteiger charge is 2.26. The van der Waals surface area contributed by atoms with E-state index in [1.165, 1.54) is 11.3 Å². The molecule has 5 heteroatoms. The molecule has 1 heterocycles. The molecule has 2 unspecified atom stereocenters. The number of rotatable bonds is 5. The van der Waals surface area contributed by atoms with E-state index in [4.69, 9.17) is 5.11 Å². The molecule has 1 aromatic heterocycles. The quantitative estimate of drug-likeness (QED) is 0.846. The Bertz CT molecular complexity index is 386. The maximum Gasteiger partial charge on any atom is 0.326 e. The number of hydrogen-bond donors (Lipinski definition) is 2. The smallest absolute Gasteiger partial charge is 0.326 e. The van der Waals surface area contributed by atoms with E-state index in [0.29, 0.717) is 0 Å². The molecule has 4 nitrogen and oxygen atoms in total. The molecular weight excluding hydrogens is 238 g/mol. The standard InChI is InChI=1S/C12H17NO3S/c1-7(2)10(12(15)16)13-11(14)8(3)9-4-5-17-6-9/h4-8,10H,1-3H3,(H,13,14)(H,15,16). The Kier molecular flexibility index (Phi) is 4.69. The number of aliphatic carboxylic acids is 1. The summed E-state index contributed by atoms with van der Waals surface area (Å²) in [5.41, 5.74) is 0.917. The number of amides is 1. The molecule has 0 radical (unpaired) electrons. The number of hydrogen-bond acceptors (Lipinski definition) is 3. The number of carboxylic acids is 1. The van der Waals surface area contributed by atoms with Gasteiger partial charge >= 0.3 is 5.97 Å². The number of thiophene rings is 1. The van der Waals surface area contributed by atoms with Crippen LogP contribution in [0.25, 0.3) is 0 Å². The average Bonchev–Trinajstić information content (AvgIpc) is 2.76. The van der Waals surface area contributed by atoms with Gasteiger partial charge in [-0.3, -0.25) is 4.79 Å². The van der Waals surface area contributed by atoms with Gasteiger partial charge in [-0.2, -0.15) is 11.3 Å². The van der Waals surface area contributed by atoms with Crippen LogP contribution in [-0.2, 0) is 9.59 Å². The van der Waals surface area contributed by atoms with Gasteiger partial charge in [0.25, 0.3) is 0 Å². The fraction of sp³-hybridized carbons (Fsp3) is 0.500. The molecule has 1 aromatic rings. The first-order valence-electron chi connectivity index (χ1n) is 5.48. The molecule has 2 N–H and O–H groups in total. The zero-order valence-corrected chi connectivity index (χ0v) is 11.0. The van der Waals surface area contributed by atoms with E-state index in [2.05, 4.69) is 5.32 Å². The Morgan fingerprint density at radius 1 is 1.35 bits per heavy atom. The lowest BCUT2D eigenvalue weighted by molar-refractivity contribution is -0.143. The predicted octanol–water partition coefficient (Wildman–Crippen LogP) is 2.08. The van der Waals surface area contributed by atoms with Crippen molar-refractivity contribution < 1.29 is 14.7 Å². The minimum atomic E-state index is -0.995. The Morgan fingerprint density at radius 2 is 2.00 bits per heavy atom. The van der Waals surface area contributed by atoms with E-state index in [1.807, 2.05) is 16.8 Å². The van der Waals surface area contributed by atoms with E-state index < -0.39 is 12.0 Å². The lowest BCUT2D eigenvalue weighted by Crippen LogP contribution is -2.45. The molecule has 0 aliphatic rings. The van der Waals surface area contributed by atoms with Crippen molar-refractivity contribution in [3.8, 4) is 0 Å². The fourth-order valence-corrected chi connectivity index (χ4v) is 2.22. The fourth-order valence-electron chi connectivity index (χ4n) is 1.46. The molecule has 0 aromatic carbocycles. The zero-order chi connectivity index (χ0) is 13.0. The van der Waals surface area contributed by atoms with Crippen LogP contribution in [0.15, 0.2) is 16.8 Å². The Labute approximate surface area is 105 Å². The van der Waals surface area contributed by atoms with Crippen molar-refractivity contribution in [1.29, 1.82) is 0 Å². The van der Waals surface area contributed by atoms with Crippen LogP contribution in [0.2, 0.25) is 0 Å². The zero-order valence-electron chi connectivity index (χ0n) is 10.1. The summed E-state index contributed by atoms with van der Waals surface area (Å²) in [6.07, 6.45) is 0. The van der Waals surface area contributed by atoms with E-state index in [1.54, 1.807) is 20.8 Å². The summed E-state index contributed by atoms with van der Waals surface area (Å²) < 4.78 is 0. The van der Waals surface area contributed by atoms with Crippen LogP contribution in [0, 0.1) is 5.92 Å². The summed E-state index contributed by atoms with van der Waals surface area (Å²) in [4.78, 5) is 22.9. The highest BCUT2D eigenvalue weighted by molar-refractivity contribution is 7.08. The van der Waals surface area contributed by atoms with Crippen molar-refractivity contribution in [3.05, 3.63) is 22.4 Å². The molecule has 17 heavy (non-hydrogen) atoms. The largest absolute Gasteiger partial charge is 0.480 e. The molecule has 0 saturated heterocycles. The van der Waals surface area contributed by atoms with Crippen LogP contribution in [0.3, 0.4) is 0 Å². The molecule has 1 rings (SSSR count). The highest BCUT2D eigenvalue weighted by atomic mass is 32.1. The normalized spacial score (nSPS) is 14.4. The molecule has 0 fully saturated rings. The van der Waals surface area contributed by atoms with Crippen molar-refractivity contribution in [2.24, 2.45) is 5.92 Å². The van der Waals surface area contributed by atoms with Gasteiger partial charge in [0.05, 0.1) is 5.92 Å². The summed E-state index contributed by atoms with van der Waals surface area (Å²) in [7, 11) is 0. The third-order valence-corrected chi connectivity index (χ3v) is 3.37. The highest BCUT2D eigenvalue weighted by Crippen LogP contribution is 2.18. The van der Waals surface area contributed by atoms with Gasteiger partial charge in [0.1, 0.15) is 6.04 Å². The second kappa shape index (κ2) is 5.82. The third kappa shape index (κ3) is 3.56. The molecular formula is C12H17NO3S. The number of carbonyl (C=O) groups excluding carboxylic acids is 1. The summed E-state index contributed by atoms with van der Waals surface area (Å²) in [6.45, 7) is 5.32. The van der Waals surface area contributed by atoms with Gasteiger partial charge < -0.3 is 10.4 Å². The van der Waals surface area contributed by atoms with Gasteiger partial charge in [-0.15, -0.1) is 0 Å². The number of nitrogens with one attached hydrogen (secondary N) is 1. The van der Waals surface area contributed by atoms with Gasteiger partial charge in [-0.25, -0.2) is 4.79 Å². The van der Waals surface area contributed by atoms with Crippen molar-refractivity contribution in [2.75, 3.05) is 0 Å². The van der Waals surface area contributed by atoms with Gasteiger partial charge in [0.15, 0.2) is 0 Å². The summed E-state index contributed by atoms with van der Waals surface area (Å²) in [5, 5.41) is 15.4. The molecule has 0 spiro atoms. The Balaban J connectivity index is 2.68. The average molecular weight is 255 g/mol. The third-order valence-electron chi connectivity index (χ3n) is 2.67. The van der Waals surface area contributed by atoms with E-state index in [9.17, 15) is 9.59 Å². The number of carbonyl (C=O) groups is 2. The molecule has 0 saturated carbocycles. The summed E-state index contributed by atoms with van der Waals surface area (Å²) >= 11 is 1.52. The van der Waals surface area contributed by atoms with Crippen LogP contribution in [0.5, 0.6) is 0 Å². The van der Waals surface area contributed by atoms with Crippen LogP contribution < -0.4 is 5.32 Å². The molecule has 0 aliphatic carbocycles. The van der Waals surface area contributed by atoms with Crippen LogP contribution in [-0.4, -0.2) is 23.0 Å². The van der Waals surface area contributed by atoms with Crippen molar-refractivity contribution in [3.63, 3.8) is 0 Å². The molecule has 0 aliphatic heterocycles. The van der Waals surface area contributed by atoms with Gasteiger partial charge in [0, 0.05) is 0 Å². The van der Waals surface area contributed by atoms with Gasteiger partial charge in [-0.1, -0.05) is 13.8 Å². The summed E-state index contributed by atoms with van der Waals surface area (Å²) in [6, 6.07) is 1.05. The van der Waals surface area contributed by atoms with E-state index in [0.717, 1.165) is 5.56 Å². The second-order valence-electron chi connectivity index (χ2n) is 4.35. The maximum absolute atomic E-state index is 11.9. The predicted molar refractivity (Wildman–Crippen MR) is 67.1 cm³/mol. The number of carboxylic acid groups (broad SMARTS) is 1. The Hall–Kier alpha value is -1.36. The molecule has 1 amide bonds. The molecule has 0 bridgehead atoms. The first-order chi connectivity index (χ1) is 7.93. The van der Waals surface area contributed by atoms with Crippen LogP contribution in [0.4, 0.5) is 0 Å². The molecule has 2 atom stereocenters. The van der Waals surface area contributed by atoms with Crippen molar-refractivity contribution >= 4 is 23.2 Å². The monoisotopic (exact) mass is 255 g/mol. The molecule has 94 valence electrons. The minimum absolute atomic E-state index is 0.133. The van der Waals surface area contributed by atoms with E-state index in [-0.39, 0.29) is 17.7 Å². The Morgan fingerprint density at radius 3 is 2.41 bits per heavy atom. The lowest BCUT2D eigenvalue weighted by atomic mass is 10.0. The van der Waals surface area contributed by atoms with E-state index >= 15 is 0 Å². The SMILES string of the molecule is CC(C(=O)NC(C(=O)O)C(C)C)c1ccsc1. The second-order valence-corrected chi connectivity index (χ2v) is 5.13. The topological polar surface area (TPSA) is 66.4 Å². The van der Waals surface area contributed by atoms with Crippen molar-refractivity contribution in [2.45, 2.75) is 32.7 Å². The maximum atomic E-state index is 11.9. The first kappa shape index (κ1) is 13.7. The van der Waals surface area contributed by atoms with Crippen LogP contribution in [0.1, 0.15) is 32.3 Å². The first-order valence-corrected chi connectivity index (χ1v) is 6.43. The van der Waals surface area contributed by atoms with Crippen LogP contribution >= 0.6 is 11.3 Å². The van der Waals surface area contributed by atoms with Gasteiger partial charge in [0.2, 0.25) is 5.91 Å². The van der Waals surface area contributed by atoms with Gasteiger partial charge in [-0.05, 0) is 35.2 Å². The van der Waals surface area contributed by atoms with Crippen molar-refractivity contribution in [1.82, 2.24) is 5.32 Å². The minimum Gasteiger partial charge on any atom is -0.480 e. The summed E-state index contributed by atoms with van der Waals surface area (Å²) in [5.74, 6) is -1.69.